The zero-order valence-electron chi connectivity index (χ0n) is 14.6. The number of rotatable bonds is 4. The van der Waals surface area contributed by atoms with Crippen molar-refractivity contribution in [2.24, 2.45) is 0 Å². The predicted molar refractivity (Wildman–Crippen MR) is 99.4 cm³/mol. The fourth-order valence-electron chi connectivity index (χ4n) is 2.49. The molecule has 0 saturated carbocycles. The van der Waals surface area contributed by atoms with E-state index in [-0.39, 0.29) is 11.9 Å². The molecule has 4 nitrogen and oxygen atoms in total. The topological polar surface area (TPSA) is 52.6 Å². The van der Waals surface area contributed by atoms with Crippen LogP contribution in [-0.2, 0) is 4.74 Å². The third-order valence-electron chi connectivity index (χ3n) is 3.99. The highest BCUT2D eigenvalue weighted by Crippen LogP contribution is 2.23. The molecule has 0 aromatic heterocycles. The van der Waals surface area contributed by atoms with Crippen LogP contribution in [0.25, 0.3) is 11.1 Å². The van der Waals surface area contributed by atoms with Crippen LogP contribution < -0.4 is 4.74 Å². The van der Waals surface area contributed by atoms with Crippen LogP contribution in [0.1, 0.15) is 26.3 Å². The van der Waals surface area contributed by atoms with Crippen LogP contribution in [0, 0.1) is 6.92 Å². The molecule has 0 unspecified atom stereocenters. The molecule has 3 rings (SSSR count). The number of carbonyl (C=O) groups is 2. The summed E-state index contributed by atoms with van der Waals surface area (Å²) < 4.78 is 10.1. The molecule has 0 aliphatic carbocycles. The Kier molecular flexibility index (Phi) is 5.13. The van der Waals surface area contributed by atoms with Gasteiger partial charge < -0.3 is 9.47 Å². The molecule has 3 aromatic carbocycles. The van der Waals surface area contributed by atoms with Gasteiger partial charge in [-0.25, -0.2) is 9.59 Å². The standard InChI is InChI=1S/C22H18O4/c1-15-3-5-19(6-4-15)22(24)26-20-13-11-17(12-14-20)16-7-9-18(10-8-16)21(23)25-2/h3-14H,1-2H3. The molecule has 0 N–H and O–H groups in total. The molecule has 3 aromatic rings. The normalized spacial score (nSPS) is 10.2. The van der Waals surface area contributed by atoms with Gasteiger partial charge in [0.1, 0.15) is 5.75 Å². The van der Waals surface area contributed by atoms with E-state index in [2.05, 4.69) is 0 Å². The molecule has 130 valence electrons. The number of benzene rings is 3. The zero-order chi connectivity index (χ0) is 18.5. The molecule has 0 radical (unpaired) electrons. The van der Waals surface area contributed by atoms with Crippen molar-refractivity contribution in [3.8, 4) is 16.9 Å². The van der Waals surface area contributed by atoms with Crippen LogP contribution in [0.4, 0.5) is 0 Å². The van der Waals surface area contributed by atoms with Gasteiger partial charge in [-0.05, 0) is 54.4 Å². The fraction of sp³-hybridized carbons (Fsp3) is 0.0909. The molecule has 0 spiro atoms. The van der Waals surface area contributed by atoms with Crippen LogP contribution in [0.5, 0.6) is 5.75 Å². The zero-order valence-corrected chi connectivity index (χ0v) is 14.6. The second-order valence-electron chi connectivity index (χ2n) is 5.85. The molecule has 0 atom stereocenters. The van der Waals surface area contributed by atoms with Crippen molar-refractivity contribution in [1.82, 2.24) is 0 Å². The average Bonchev–Trinajstić information content (AvgIpc) is 2.68. The molecule has 0 aliphatic rings. The third-order valence-corrected chi connectivity index (χ3v) is 3.99. The Balaban J connectivity index is 1.71. The summed E-state index contributed by atoms with van der Waals surface area (Å²) in [5, 5.41) is 0. The lowest BCUT2D eigenvalue weighted by atomic mass is 10.0. The van der Waals surface area contributed by atoms with Gasteiger partial charge in [0.25, 0.3) is 0 Å². The summed E-state index contributed by atoms with van der Waals surface area (Å²) in [6, 6.07) is 21.6. The minimum Gasteiger partial charge on any atom is -0.465 e. The Labute approximate surface area is 152 Å². The van der Waals surface area contributed by atoms with Crippen LogP contribution in [0.2, 0.25) is 0 Å². The van der Waals surface area contributed by atoms with Gasteiger partial charge in [0.05, 0.1) is 18.2 Å². The van der Waals surface area contributed by atoms with E-state index in [1.165, 1.54) is 7.11 Å². The molecular weight excluding hydrogens is 328 g/mol. The Morgan fingerprint density at radius 1 is 0.654 bits per heavy atom. The van der Waals surface area contributed by atoms with E-state index in [1.54, 1.807) is 36.4 Å². The van der Waals surface area contributed by atoms with Gasteiger partial charge in [-0.15, -0.1) is 0 Å². The lowest BCUT2D eigenvalue weighted by Crippen LogP contribution is -2.08. The van der Waals surface area contributed by atoms with E-state index >= 15 is 0 Å². The van der Waals surface area contributed by atoms with Gasteiger partial charge in [-0.1, -0.05) is 42.0 Å². The monoisotopic (exact) mass is 346 g/mol. The van der Waals surface area contributed by atoms with Gasteiger partial charge in [0, 0.05) is 0 Å². The van der Waals surface area contributed by atoms with E-state index in [9.17, 15) is 9.59 Å². The lowest BCUT2D eigenvalue weighted by Gasteiger charge is -2.07. The Morgan fingerprint density at radius 2 is 1.12 bits per heavy atom. The lowest BCUT2D eigenvalue weighted by molar-refractivity contribution is 0.0600. The number of ether oxygens (including phenoxy) is 2. The summed E-state index contributed by atoms with van der Waals surface area (Å²) in [6.45, 7) is 1.96. The molecule has 0 aliphatic heterocycles. The predicted octanol–water partition coefficient (Wildman–Crippen LogP) is 4.67. The fourth-order valence-corrected chi connectivity index (χ4v) is 2.49. The van der Waals surface area contributed by atoms with E-state index in [0.717, 1.165) is 16.7 Å². The molecule has 0 fully saturated rings. The van der Waals surface area contributed by atoms with Crippen molar-refractivity contribution in [2.75, 3.05) is 7.11 Å². The molecule has 0 amide bonds. The maximum atomic E-state index is 12.1. The average molecular weight is 346 g/mol. The first-order chi connectivity index (χ1) is 12.6. The second kappa shape index (κ2) is 7.66. The highest BCUT2D eigenvalue weighted by Gasteiger charge is 2.09. The van der Waals surface area contributed by atoms with Crippen LogP contribution in [-0.4, -0.2) is 19.0 Å². The molecule has 0 heterocycles. The molecule has 0 saturated heterocycles. The van der Waals surface area contributed by atoms with E-state index < -0.39 is 0 Å². The first-order valence-electron chi connectivity index (χ1n) is 8.14. The molecular formula is C22H18O4. The summed E-state index contributed by atoms with van der Waals surface area (Å²) in [5.41, 5.74) is 4.01. The largest absolute Gasteiger partial charge is 0.465 e. The van der Waals surface area contributed by atoms with Gasteiger partial charge in [-0.3, -0.25) is 0 Å². The summed E-state index contributed by atoms with van der Waals surface area (Å²) in [6.07, 6.45) is 0. The smallest absolute Gasteiger partial charge is 0.343 e. The Bertz CT molecular complexity index is 908. The van der Waals surface area contributed by atoms with Gasteiger partial charge in [0.2, 0.25) is 0 Å². The minimum absolute atomic E-state index is 0.366. The quantitative estimate of drug-likeness (QED) is 0.509. The number of carbonyl (C=O) groups excluding carboxylic acids is 2. The number of esters is 2. The summed E-state index contributed by atoms with van der Waals surface area (Å²) in [4.78, 5) is 23.6. The van der Waals surface area contributed by atoms with Crippen molar-refractivity contribution in [1.29, 1.82) is 0 Å². The van der Waals surface area contributed by atoms with Crippen molar-refractivity contribution in [3.05, 3.63) is 89.5 Å². The maximum Gasteiger partial charge on any atom is 0.343 e. The number of hydrogen-bond acceptors (Lipinski definition) is 4. The van der Waals surface area contributed by atoms with Crippen molar-refractivity contribution in [2.45, 2.75) is 6.92 Å². The SMILES string of the molecule is COC(=O)c1ccc(-c2ccc(OC(=O)c3ccc(C)cc3)cc2)cc1. The van der Waals surface area contributed by atoms with Crippen LogP contribution in [0.15, 0.2) is 72.8 Å². The first-order valence-corrected chi connectivity index (χ1v) is 8.14. The summed E-state index contributed by atoms with van der Waals surface area (Å²) in [7, 11) is 1.35. The van der Waals surface area contributed by atoms with Crippen molar-refractivity contribution < 1.29 is 19.1 Å². The third kappa shape index (κ3) is 3.98. The Morgan fingerprint density at radius 3 is 1.65 bits per heavy atom. The van der Waals surface area contributed by atoms with Crippen LogP contribution in [0.3, 0.4) is 0 Å². The van der Waals surface area contributed by atoms with Crippen molar-refractivity contribution in [3.63, 3.8) is 0 Å². The summed E-state index contributed by atoms with van der Waals surface area (Å²) >= 11 is 0. The van der Waals surface area contributed by atoms with E-state index in [0.29, 0.717) is 16.9 Å². The van der Waals surface area contributed by atoms with Crippen molar-refractivity contribution >= 4 is 11.9 Å². The first kappa shape index (κ1) is 17.4. The van der Waals surface area contributed by atoms with E-state index in [1.807, 2.05) is 43.3 Å². The molecule has 0 bridgehead atoms. The molecule has 26 heavy (non-hydrogen) atoms. The maximum absolute atomic E-state index is 12.1. The summed E-state index contributed by atoms with van der Waals surface area (Å²) in [5.74, 6) is -0.277. The highest BCUT2D eigenvalue weighted by molar-refractivity contribution is 5.91. The highest BCUT2D eigenvalue weighted by atomic mass is 16.5. The number of hydrogen-bond donors (Lipinski definition) is 0. The van der Waals surface area contributed by atoms with Gasteiger partial charge in [0.15, 0.2) is 0 Å². The number of methoxy groups -OCH3 is 1. The second-order valence-corrected chi connectivity index (χ2v) is 5.85. The minimum atomic E-state index is -0.389. The van der Waals surface area contributed by atoms with Gasteiger partial charge in [-0.2, -0.15) is 0 Å². The van der Waals surface area contributed by atoms with Crippen LogP contribution >= 0.6 is 0 Å². The Hall–Kier alpha value is -3.40. The number of aryl methyl sites for hydroxylation is 1. The van der Waals surface area contributed by atoms with Gasteiger partial charge >= 0.3 is 11.9 Å². The van der Waals surface area contributed by atoms with E-state index in [4.69, 9.17) is 9.47 Å². The molecule has 4 heteroatoms.